The molecule has 0 unspecified atom stereocenters. The number of hydrogen-bond donors (Lipinski definition) is 1. The largest absolute Gasteiger partial charge is 0.486 e. The van der Waals surface area contributed by atoms with Gasteiger partial charge in [-0.15, -0.1) is 0 Å². The summed E-state index contributed by atoms with van der Waals surface area (Å²) in [6.45, 7) is 7.77. The maximum atomic E-state index is 13.1. The third kappa shape index (κ3) is 4.13. The zero-order valence-corrected chi connectivity index (χ0v) is 8.92. The lowest BCUT2D eigenvalue weighted by Gasteiger charge is -2.09. The predicted octanol–water partition coefficient (Wildman–Crippen LogP) is 2.37. The van der Waals surface area contributed by atoms with Crippen LogP contribution in [0.25, 0.3) is 0 Å². The molecule has 2 nitrogen and oxygen atoms in total. The molecule has 0 fully saturated rings. The van der Waals surface area contributed by atoms with Gasteiger partial charge in [-0.2, -0.15) is 0 Å². The van der Waals surface area contributed by atoms with Crippen LogP contribution in [0.3, 0.4) is 0 Å². The van der Waals surface area contributed by atoms with Crippen LogP contribution in [0.4, 0.5) is 4.39 Å². The topological polar surface area (TPSA) is 21.3 Å². The highest BCUT2D eigenvalue weighted by molar-refractivity contribution is 5.24. The van der Waals surface area contributed by atoms with Crippen molar-refractivity contribution in [1.29, 1.82) is 0 Å². The summed E-state index contributed by atoms with van der Waals surface area (Å²) in [6.07, 6.45) is 0. The van der Waals surface area contributed by atoms with Gasteiger partial charge in [0.05, 0.1) is 0 Å². The number of hydrogen-bond acceptors (Lipinski definition) is 2. The van der Waals surface area contributed by atoms with Gasteiger partial charge < -0.3 is 10.1 Å². The Morgan fingerprint density at radius 3 is 2.87 bits per heavy atom. The Hall–Kier alpha value is -1.35. The van der Waals surface area contributed by atoms with E-state index in [4.69, 9.17) is 4.74 Å². The summed E-state index contributed by atoms with van der Waals surface area (Å²) in [6, 6.07) is 6.36. The van der Waals surface area contributed by atoms with Gasteiger partial charge in [-0.1, -0.05) is 25.6 Å². The summed E-state index contributed by atoms with van der Waals surface area (Å²) in [7, 11) is 0. The first-order valence-corrected chi connectivity index (χ1v) is 4.98. The van der Waals surface area contributed by atoms with Crippen LogP contribution in [-0.4, -0.2) is 19.7 Å². The second kappa shape index (κ2) is 6.19. The van der Waals surface area contributed by atoms with Gasteiger partial charge in [-0.25, -0.2) is 4.39 Å². The number of benzene rings is 1. The van der Waals surface area contributed by atoms with Gasteiger partial charge in [0, 0.05) is 6.54 Å². The van der Waals surface area contributed by atoms with E-state index < -0.39 is 0 Å². The van der Waals surface area contributed by atoms with E-state index in [1.54, 1.807) is 18.2 Å². The van der Waals surface area contributed by atoms with E-state index in [9.17, 15) is 4.39 Å². The summed E-state index contributed by atoms with van der Waals surface area (Å²) in [4.78, 5) is 0. The molecule has 0 atom stereocenters. The van der Waals surface area contributed by atoms with E-state index in [1.807, 2.05) is 6.92 Å². The van der Waals surface area contributed by atoms with Crippen LogP contribution >= 0.6 is 0 Å². The van der Waals surface area contributed by atoms with Crippen molar-refractivity contribution in [3.63, 3.8) is 0 Å². The smallest absolute Gasteiger partial charge is 0.165 e. The Kier molecular flexibility index (Phi) is 4.84. The molecule has 0 radical (unpaired) electrons. The fourth-order valence-corrected chi connectivity index (χ4v) is 1.09. The SMILES string of the molecule is C=C(CNCC)COc1ccccc1F. The number of halogens is 1. The molecule has 15 heavy (non-hydrogen) atoms. The molecule has 0 saturated heterocycles. The maximum Gasteiger partial charge on any atom is 0.165 e. The van der Waals surface area contributed by atoms with Gasteiger partial charge in [-0.3, -0.25) is 0 Å². The van der Waals surface area contributed by atoms with Crippen molar-refractivity contribution < 1.29 is 9.13 Å². The molecule has 0 saturated carbocycles. The minimum Gasteiger partial charge on any atom is -0.486 e. The molecule has 1 aromatic carbocycles. The summed E-state index contributed by atoms with van der Waals surface area (Å²) in [5.41, 5.74) is 0.903. The highest BCUT2D eigenvalue weighted by atomic mass is 19.1. The third-order valence-corrected chi connectivity index (χ3v) is 1.89. The molecule has 1 N–H and O–H groups in total. The van der Waals surface area contributed by atoms with Gasteiger partial charge in [0.15, 0.2) is 11.6 Å². The Morgan fingerprint density at radius 1 is 1.47 bits per heavy atom. The number of para-hydroxylation sites is 1. The maximum absolute atomic E-state index is 13.1. The molecule has 0 spiro atoms. The van der Waals surface area contributed by atoms with Crippen LogP contribution in [-0.2, 0) is 0 Å². The van der Waals surface area contributed by atoms with Crippen molar-refractivity contribution in [2.24, 2.45) is 0 Å². The number of rotatable bonds is 6. The average Bonchev–Trinajstić information content (AvgIpc) is 2.25. The molecule has 0 aliphatic rings. The van der Waals surface area contributed by atoms with Crippen molar-refractivity contribution in [3.05, 3.63) is 42.2 Å². The van der Waals surface area contributed by atoms with Crippen molar-refractivity contribution in [2.45, 2.75) is 6.92 Å². The highest BCUT2D eigenvalue weighted by Gasteiger charge is 2.01. The second-order valence-corrected chi connectivity index (χ2v) is 3.25. The lowest BCUT2D eigenvalue weighted by Crippen LogP contribution is -2.18. The standard InChI is InChI=1S/C12H16FNO/c1-3-14-8-10(2)9-15-12-7-5-4-6-11(12)13/h4-7,14H,2-3,8-9H2,1H3. The van der Waals surface area contributed by atoms with Crippen LogP contribution in [0.1, 0.15) is 6.92 Å². The van der Waals surface area contributed by atoms with Crippen LogP contribution in [0.15, 0.2) is 36.4 Å². The van der Waals surface area contributed by atoms with Crippen molar-refractivity contribution in [3.8, 4) is 5.75 Å². The van der Waals surface area contributed by atoms with E-state index in [1.165, 1.54) is 6.07 Å². The first-order valence-electron chi connectivity index (χ1n) is 4.98. The fourth-order valence-electron chi connectivity index (χ4n) is 1.09. The molecule has 0 aliphatic carbocycles. The van der Waals surface area contributed by atoms with E-state index in [0.29, 0.717) is 13.2 Å². The fraction of sp³-hybridized carbons (Fsp3) is 0.333. The minimum atomic E-state index is -0.339. The van der Waals surface area contributed by atoms with Gasteiger partial charge in [0.2, 0.25) is 0 Å². The van der Waals surface area contributed by atoms with E-state index in [-0.39, 0.29) is 11.6 Å². The first kappa shape index (κ1) is 11.7. The van der Waals surface area contributed by atoms with Crippen LogP contribution < -0.4 is 10.1 Å². The Bertz CT molecular complexity index is 325. The molecule has 0 amide bonds. The van der Waals surface area contributed by atoms with Crippen LogP contribution in [0.5, 0.6) is 5.75 Å². The quantitative estimate of drug-likeness (QED) is 0.726. The molecule has 82 valence electrons. The minimum absolute atomic E-state index is 0.273. The van der Waals surface area contributed by atoms with E-state index in [2.05, 4.69) is 11.9 Å². The highest BCUT2D eigenvalue weighted by Crippen LogP contribution is 2.15. The summed E-state index contributed by atoms with van der Waals surface area (Å²) < 4.78 is 18.4. The molecule has 1 rings (SSSR count). The molecule has 3 heteroatoms. The lowest BCUT2D eigenvalue weighted by atomic mass is 10.3. The number of ether oxygens (including phenoxy) is 1. The summed E-state index contributed by atoms with van der Waals surface area (Å²) in [5, 5.41) is 3.13. The van der Waals surface area contributed by atoms with Gasteiger partial charge >= 0.3 is 0 Å². The molecule has 0 aliphatic heterocycles. The van der Waals surface area contributed by atoms with Crippen molar-refractivity contribution in [1.82, 2.24) is 5.32 Å². The van der Waals surface area contributed by atoms with Crippen LogP contribution in [0.2, 0.25) is 0 Å². The first-order chi connectivity index (χ1) is 7.24. The van der Waals surface area contributed by atoms with Gasteiger partial charge in [-0.05, 0) is 24.3 Å². The summed E-state index contributed by atoms with van der Waals surface area (Å²) >= 11 is 0. The molecular weight excluding hydrogens is 193 g/mol. The predicted molar refractivity (Wildman–Crippen MR) is 59.6 cm³/mol. The normalized spacial score (nSPS) is 10.0. The zero-order valence-electron chi connectivity index (χ0n) is 8.92. The molecular formula is C12H16FNO. The number of nitrogens with one attached hydrogen (secondary N) is 1. The third-order valence-electron chi connectivity index (χ3n) is 1.89. The monoisotopic (exact) mass is 209 g/mol. The Morgan fingerprint density at radius 2 is 2.20 bits per heavy atom. The molecule has 0 heterocycles. The molecule has 1 aromatic rings. The number of likely N-dealkylation sites (N-methyl/N-ethyl adjacent to an activating group) is 1. The van der Waals surface area contributed by atoms with Crippen molar-refractivity contribution >= 4 is 0 Å². The summed E-state index contributed by atoms with van der Waals surface area (Å²) in [5.74, 6) is -0.0658. The van der Waals surface area contributed by atoms with E-state index >= 15 is 0 Å². The lowest BCUT2D eigenvalue weighted by molar-refractivity contribution is 0.329. The second-order valence-electron chi connectivity index (χ2n) is 3.25. The van der Waals surface area contributed by atoms with Gasteiger partial charge in [0.25, 0.3) is 0 Å². The van der Waals surface area contributed by atoms with Crippen molar-refractivity contribution in [2.75, 3.05) is 19.7 Å². The average molecular weight is 209 g/mol. The van der Waals surface area contributed by atoms with Crippen LogP contribution in [0, 0.1) is 5.82 Å². The molecule has 0 bridgehead atoms. The zero-order chi connectivity index (χ0) is 11.1. The van der Waals surface area contributed by atoms with E-state index in [0.717, 1.165) is 12.1 Å². The molecule has 0 aromatic heterocycles. The Balaban J connectivity index is 2.37. The Labute approximate surface area is 89.8 Å². The van der Waals surface area contributed by atoms with Gasteiger partial charge in [0.1, 0.15) is 6.61 Å².